The second-order valence-electron chi connectivity index (χ2n) is 4.05. The van der Waals surface area contributed by atoms with Crippen molar-refractivity contribution in [3.05, 3.63) is 46.5 Å². The number of hydrogen-bond acceptors (Lipinski definition) is 4. The van der Waals surface area contributed by atoms with Gasteiger partial charge >= 0.3 is 0 Å². The molecule has 2 heterocycles. The fraction of sp³-hybridized carbons (Fsp3) is 0.154. The number of benzene rings is 1. The Morgan fingerprint density at radius 2 is 2.11 bits per heavy atom. The molecule has 0 amide bonds. The fourth-order valence-corrected chi connectivity index (χ4v) is 2.74. The molecule has 4 nitrogen and oxygen atoms in total. The third-order valence-corrected chi connectivity index (χ3v) is 3.57. The van der Waals surface area contributed by atoms with Crippen LogP contribution in [-0.2, 0) is 6.54 Å². The minimum absolute atomic E-state index is 0.641. The van der Waals surface area contributed by atoms with Gasteiger partial charge < -0.3 is 0 Å². The van der Waals surface area contributed by atoms with Crippen LogP contribution >= 0.6 is 11.5 Å². The molecule has 0 N–H and O–H groups in total. The van der Waals surface area contributed by atoms with Gasteiger partial charge in [-0.1, -0.05) is 30.3 Å². The van der Waals surface area contributed by atoms with Gasteiger partial charge in [-0.3, -0.25) is 0 Å². The van der Waals surface area contributed by atoms with Crippen molar-refractivity contribution < 1.29 is 0 Å². The van der Waals surface area contributed by atoms with E-state index in [1.165, 1.54) is 17.1 Å². The van der Waals surface area contributed by atoms with Gasteiger partial charge in [0.05, 0.1) is 17.6 Å². The molecule has 2 aromatic heterocycles. The summed E-state index contributed by atoms with van der Waals surface area (Å²) in [6, 6.07) is 12.3. The summed E-state index contributed by atoms with van der Waals surface area (Å²) in [5.74, 6) is 0. The van der Waals surface area contributed by atoms with Crippen LogP contribution in [0.25, 0.3) is 11.0 Å². The Bertz CT molecular complexity index is 734. The maximum atomic E-state index is 9.03. The lowest BCUT2D eigenvalue weighted by molar-refractivity contribution is 0.698. The summed E-state index contributed by atoms with van der Waals surface area (Å²) in [5.41, 5.74) is 2.84. The summed E-state index contributed by atoms with van der Waals surface area (Å²) in [5, 5.41) is 14.4. The number of nitrogens with zero attached hydrogens (tertiary/aromatic N) is 4. The number of nitriles is 1. The Hall–Kier alpha value is -2.19. The first-order chi connectivity index (χ1) is 8.79. The highest BCUT2D eigenvalue weighted by atomic mass is 32.1. The molecule has 3 rings (SSSR count). The molecule has 0 aliphatic carbocycles. The van der Waals surface area contributed by atoms with Crippen LogP contribution < -0.4 is 0 Å². The fourth-order valence-electron chi connectivity index (χ4n) is 2.01. The van der Waals surface area contributed by atoms with Gasteiger partial charge in [0.25, 0.3) is 0 Å². The van der Waals surface area contributed by atoms with Crippen molar-refractivity contribution in [1.82, 2.24) is 14.2 Å². The lowest BCUT2D eigenvalue weighted by Crippen LogP contribution is -2.01. The van der Waals surface area contributed by atoms with Gasteiger partial charge in [0.2, 0.25) is 0 Å². The predicted molar refractivity (Wildman–Crippen MR) is 70.4 cm³/mol. The highest BCUT2D eigenvalue weighted by Crippen LogP contribution is 2.25. The van der Waals surface area contributed by atoms with Crippen molar-refractivity contribution in [2.24, 2.45) is 0 Å². The van der Waals surface area contributed by atoms with Crippen LogP contribution in [0.15, 0.2) is 30.3 Å². The largest absolute Gasteiger partial charge is 0.242 e. The first kappa shape index (κ1) is 10.9. The summed E-state index contributed by atoms with van der Waals surface area (Å²) >= 11 is 1.24. The molecule has 18 heavy (non-hydrogen) atoms. The minimum atomic E-state index is 0.641. The molecule has 0 saturated carbocycles. The molecule has 0 radical (unpaired) electrons. The molecular weight excluding hydrogens is 244 g/mol. The van der Waals surface area contributed by atoms with Crippen LogP contribution in [0.4, 0.5) is 0 Å². The smallest absolute Gasteiger partial charge is 0.173 e. The Morgan fingerprint density at radius 3 is 2.83 bits per heavy atom. The van der Waals surface area contributed by atoms with Crippen LogP contribution in [0, 0.1) is 18.3 Å². The first-order valence-corrected chi connectivity index (χ1v) is 6.33. The Morgan fingerprint density at radius 1 is 1.33 bits per heavy atom. The molecule has 3 aromatic rings. The molecule has 0 saturated heterocycles. The molecule has 0 spiro atoms. The van der Waals surface area contributed by atoms with E-state index >= 15 is 0 Å². The monoisotopic (exact) mass is 254 g/mol. The SMILES string of the molecule is Cc1nn(Cc2ccccc2)c2nsc(C#N)c12. The van der Waals surface area contributed by atoms with Crippen LogP contribution in [0.2, 0.25) is 0 Å². The molecule has 0 aliphatic rings. The van der Waals surface area contributed by atoms with Crippen LogP contribution in [0.1, 0.15) is 16.1 Å². The second kappa shape index (κ2) is 4.24. The normalized spacial score (nSPS) is 10.7. The Kier molecular flexibility index (Phi) is 2.58. The Balaban J connectivity index is 2.09. The van der Waals surface area contributed by atoms with E-state index in [1.54, 1.807) is 0 Å². The van der Waals surface area contributed by atoms with Crippen molar-refractivity contribution in [2.45, 2.75) is 13.5 Å². The van der Waals surface area contributed by atoms with Crippen LogP contribution in [0.5, 0.6) is 0 Å². The van der Waals surface area contributed by atoms with Crippen molar-refractivity contribution in [2.75, 3.05) is 0 Å². The predicted octanol–water partition coefficient (Wildman–Crippen LogP) is 2.72. The molecule has 0 aliphatic heterocycles. The van der Waals surface area contributed by atoms with Gasteiger partial charge in [0.1, 0.15) is 10.9 Å². The molecule has 1 aromatic carbocycles. The average Bonchev–Trinajstić information content (AvgIpc) is 2.94. The molecule has 88 valence electrons. The minimum Gasteiger partial charge on any atom is -0.242 e. The van der Waals surface area contributed by atoms with Gasteiger partial charge in [-0.15, -0.1) is 0 Å². The Labute approximate surface area is 108 Å². The van der Waals surface area contributed by atoms with Gasteiger partial charge in [0, 0.05) is 0 Å². The number of fused-ring (bicyclic) bond motifs is 1. The first-order valence-electron chi connectivity index (χ1n) is 5.56. The molecule has 5 heteroatoms. The van der Waals surface area contributed by atoms with Crippen molar-refractivity contribution in [1.29, 1.82) is 5.26 Å². The standard InChI is InChI=1S/C13H10N4S/c1-9-12-11(7-14)18-16-13(12)17(15-9)8-10-5-3-2-4-6-10/h2-6H,8H2,1H3. The molecule has 0 atom stereocenters. The summed E-state index contributed by atoms with van der Waals surface area (Å²) in [6.45, 7) is 2.60. The van der Waals surface area contributed by atoms with E-state index in [1.807, 2.05) is 29.8 Å². The summed E-state index contributed by atoms with van der Waals surface area (Å²) in [4.78, 5) is 0.641. The van der Waals surface area contributed by atoms with E-state index in [9.17, 15) is 0 Å². The highest BCUT2D eigenvalue weighted by molar-refractivity contribution is 7.07. The third kappa shape index (κ3) is 1.67. The van der Waals surface area contributed by atoms with E-state index < -0.39 is 0 Å². The zero-order valence-electron chi connectivity index (χ0n) is 9.79. The lowest BCUT2D eigenvalue weighted by Gasteiger charge is -2.01. The maximum absolute atomic E-state index is 9.03. The number of hydrogen-bond donors (Lipinski definition) is 0. The van der Waals surface area contributed by atoms with Gasteiger partial charge in [-0.25, -0.2) is 4.68 Å². The summed E-state index contributed by atoms with van der Waals surface area (Å²) in [7, 11) is 0. The van der Waals surface area contributed by atoms with Gasteiger partial charge in [-0.2, -0.15) is 14.7 Å². The number of rotatable bonds is 2. The molecule has 0 fully saturated rings. The van der Waals surface area contributed by atoms with Gasteiger partial charge in [-0.05, 0) is 24.0 Å². The average molecular weight is 254 g/mol. The van der Waals surface area contributed by atoms with Gasteiger partial charge in [0.15, 0.2) is 5.65 Å². The van der Waals surface area contributed by atoms with E-state index in [2.05, 4.69) is 27.7 Å². The highest BCUT2D eigenvalue weighted by Gasteiger charge is 2.15. The zero-order valence-corrected chi connectivity index (χ0v) is 10.6. The number of aryl methyl sites for hydroxylation is 1. The van der Waals surface area contributed by atoms with Crippen LogP contribution in [0.3, 0.4) is 0 Å². The second-order valence-corrected chi connectivity index (χ2v) is 4.82. The molecule has 0 bridgehead atoms. The topological polar surface area (TPSA) is 54.5 Å². The van der Waals surface area contributed by atoms with Crippen molar-refractivity contribution >= 4 is 22.6 Å². The quantitative estimate of drug-likeness (QED) is 0.706. The molecule has 0 unspecified atom stereocenters. The van der Waals surface area contributed by atoms with Crippen molar-refractivity contribution in [3.8, 4) is 6.07 Å². The zero-order chi connectivity index (χ0) is 12.5. The van der Waals surface area contributed by atoms with E-state index in [0.717, 1.165) is 16.7 Å². The lowest BCUT2D eigenvalue weighted by atomic mass is 10.2. The summed E-state index contributed by atoms with van der Waals surface area (Å²) < 4.78 is 6.18. The van der Waals surface area contributed by atoms with E-state index in [-0.39, 0.29) is 0 Å². The number of aromatic nitrogens is 3. The van der Waals surface area contributed by atoms with Crippen molar-refractivity contribution in [3.63, 3.8) is 0 Å². The van der Waals surface area contributed by atoms with E-state index in [0.29, 0.717) is 11.4 Å². The third-order valence-electron chi connectivity index (χ3n) is 2.83. The summed E-state index contributed by atoms with van der Waals surface area (Å²) in [6.07, 6.45) is 0. The molecular formula is C13H10N4S. The maximum Gasteiger partial charge on any atom is 0.173 e. The van der Waals surface area contributed by atoms with Crippen LogP contribution in [-0.4, -0.2) is 14.2 Å². The van der Waals surface area contributed by atoms with E-state index in [4.69, 9.17) is 5.26 Å².